The lowest BCUT2D eigenvalue weighted by atomic mass is 10.3. The van der Waals surface area contributed by atoms with Crippen molar-refractivity contribution in [2.24, 2.45) is 0 Å². The highest BCUT2D eigenvalue weighted by atomic mass is 79.9. The van der Waals surface area contributed by atoms with Crippen LogP contribution in [-0.2, 0) is 0 Å². The number of pyridine rings is 1. The molecule has 1 aromatic carbocycles. The van der Waals surface area contributed by atoms with Gasteiger partial charge in [0.05, 0.1) is 5.56 Å². The maximum atomic E-state index is 8.66. The van der Waals surface area contributed by atoms with Gasteiger partial charge in [-0.3, -0.25) is 0 Å². The molecule has 2 nitrogen and oxygen atoms in total. The summed E-state index contributed by atoms with van der Waals surface area (Å²) in [5.74, 6) is 0. The van der Waals surface area contributed by atoms with Gasteiger partial charge in [0, 0.05) is 15.6 Å². The van der Waals surface area contributed by atoms with Crippen LogP contribution in [0.2, 0.25) is 0 Å². The molecule has 2 aromatic rings. The highest BCUT2D eigenvalue weighted by Crippen LogP contribution is 2.31. The molecule has 0 saturated carbocycles. The number of halogens is 1. The Morgan fingerprint density at radius 3 is 2.62 bits per heavy atom. The Balaban J connectivity index is 2.22. The zero-order valence-electron chi connectivity index (χ0n) is 8.22. The fourth-order valence-electron chi connectivity index (χ4n) is 1.15. The van der Waals surface area contributed by atoms with Crippen LogP contribution in [0, 0.1) is 11.3 Å². The van der Waals surface area contributed by atoms with Crippen LogP contribution in [-0.4, -0.2) is 4.98 Å². The molecular weight excluding hydrogens is 284 g/mol. The molecule has 1 aromatic heterocycles. The van der Waals surface area contributed by atoms with E-state index in [1.54, 1.807) is 24.0 Å². The highest BCUT2D eigenvalue weighted by Gasteiger charge is 2.02. The van der Waals surface area contributed by atoms with Gasteiger partial charge in [-0.05, 0) is 40.2 Å². The molecule has 0 fully saturated rings. The quantitative estimate of drug-likeness (QED) is 0.842. The van der Waals surface area contributed by atoms with Gasteiger partial charge >= 0.3 is 0 Å². The maximum Gasteiger partial charge on any atom is 0.101 e. The minimum Gasteiger partial charge on any atom is -0.248 e. The molecule has 0 saturated heterocycles. The maximum absolute atomic E-state index is 8.66. The summed E-state index contributed by atoms with van der Waals surface area (Å²) in [6, 6.07) is 13.6. The molecule has 0 aliphatic carbocycles. The molecule has 0 aliphatic heterocycles. The molecule has 0 amide bonds. The molecule has 0 aliphatic rings. The zero-order valence-corrected chi connectivity index (χ0v) is 10.6. The first-order valence-corrected chi connectivity index (χ1v) is 6.19. The van der Waals surface area contributed by atoms with Gasteiger partial charge in [0.1, 0.15) is 11.1 Å². The van der Waals surface area contributed by atoms with Gasteiger partial charge in [-0.25, -0.2) is 4.98 Å². The van der Waals surface area contributed by atoms with Gasteiger partial charge in [0.2, 0.25) is 0 Å². The van der Waals surface area contributed by atoms with Crippen LogP contribution in [0.25, 0.3) is 0 Å². The van der Waals surface area contributed by atoms with Crippen molar-refractivity contribution < 1.29 is 0 Å². The summed E-state index contributed by atoms with van der Waals surface area (Å²) in [5, 5.41) is 9.54. The van der Waals surface area contributed by atoms with E-state index in [0.717, 1.165) is 14.4 Å². The first-order valence-electron chi connectivity index (χ1n) is 4.58. The lowest BCUT2D eigenvalue weighted by molar-refractivity contribution is 1.12. The summed E-state index contributed by atoms with van der Waals surface area (Å²) in [5.41, 5.74) is 0.580. The van der Waals surface area contributed by atoms with Crippen molar-refractivity contribution in [2.45, 2.75) is 9.92 Å². The van der Waals surface area contributed by atoms with E-state index in [9.17, 15) is 0 Å². The van der Waals surface area contributed by atoms with Crippen LogP contribution in [0.3, 0.4) is 0 Å². The van der Waals surface area contributed by atoms with E-state index >= 15 is 0 Å². The number of hydrogen-bond donors (Lipinski definition) is 0. The van der Waals surface area contributed by atoms with Crippen molar-refractivity contribution in [3.63, 3.8) is 0 Å². The predicted molar refractivity (Wildman–Crippen MR) is 67.2 cm³/mol. The Kier molecular flexibility index (Phi) is 3.60. The average Bonchev–Trinajstić information content (AvgIpc) is 2.33. The third-order valence-corrected chi connectivity index (χ3v) is 3.90. The van der Waals surface area contributed by atoms with Gasteiger partial charge < -0.3 is 0 Å². The standard InChI is InChI=1S/C12H7BrN2S/c13-10-3-1-2-4-11(10)16-12-6-5-9(7-14)8-15-12/h1-6,8H. The van der Waals surface area contributed by atoms with Crippen LogP contribution >= 0.6 is 27.7 Å². The normalized spacial score (nSPS) is 9.75. The van der Waals surface area contributed by atoms with Crippen molar-refractivity contribution in [1.29, 1.82) is 5.26 Å². The fraction of sp³-hybridized carbons (Fsp3) is 0. The van der Waals surface area contributed by atoms with Gasteiger partial charge in [-0.1, -0.05) is 23.9 Å². The van der Waals surface area contributed by atoms with Crippen molar-refractivity contribution in [2.75, 3.05) is 0 Å². The molecule has 4 heteroatoms. The summed E-state index contributed by atoms with van der Waals surface area (Å²) in [4.78, 5) is 5.32. The number of benzene rings is 1. The van der Waals surface area contributed by atoms with Crippen molar-refractivity contribution in [1.82, 2.24) is 4.98 Å². The second-order valence-corrected chi connectivity index (χ2v) is 4.95. The van der Waals surface area contributed by atoms with E-state index in [-0.39, 0.29) is 0 Å². The third-order valence-electron chi connectivity index (χ3n) is 1.92. The lowest BCUT2D eigenvalue weighted by Gasteiger charge is -2.02. The van der Waals surface area contributed by atoms with E-state index in [1.807, 2.05) is 36.4 Å². The summed E-state index contributed by atoms with van der Waals surface area (Å²) in [6.07, 6.45) is 1.58. The highest BCUT2D eigenvalue weighted by molar-refractivity contribution is 9.10. The van der Waals surface area contributed by atoms with Crippen molar-refractivity contribution in [3.05, 3.63) is 52.6 Å². The van der Waals surface area contributed by atoms with E-state index in [0.29, 0.717) is 5.56 Å². The molecule has 2 rings (SSSR count). The van der Waals surface area contributed by atoms with Crippen LogP contribution in [0.5, 0.6) is 0 Å². The molecule has 16 heavy (non-hydrogen) atoms. The van der Waals surface area contributed by atoms with Crippen LogP contribution in [0.4, 0.5) is 0 Å². The second kappa shape index (κ2) is 5.15. The van der Waals surface area contributed by atoms with Crippen LogP contribution in [0.15, 0.2) is 57.0 Å². The summed E-state index contributed by atoms with van der Waals surface area (Å²) >= 11 is 5.05. The molecular formula is C12H7BrN2S. The molecule has 78 valence electrons. The first kappa shape index (κ1) is 11.2. The first-order chi connectivity index (χ1) is 7.79. The molecule has 0 bridgehead atoms. The second-order valence-electron chi connectivity index (χ2n) is 3.03. The SMILES string of the molecule is N#Cc1ccc(Sc2ccccc2Br)nc1. The van der Waals surface area contributed by atoms with Gasteiger partial charge in [-0.2, -0.15) is 5.26 Å². The molecule has 1 heterocycles. The Morgan fingerprint density at radius 1 is 1.19 bits per heavy atom. The fourth-order valence-corrected chi connectivity index (χ4v) is 2.45. The summed E-state index contributed by atoms with van der Waals surface area (Å²) < 4.78 is 1.05. The summed E-state index contributed by atoms with van der Waals surface area (Å²) in [7, 11) is 0. The van der Waals surface area contributed by atoms with Gasteiger partial charge in [-0.15, -0.1) is 0 Å². The summed E-state index contributed by atoms with van der Waals surface area (Å²) in [6.45, 7) is 0. The average molecular weight is 291 g/mol. The zero-order chi connectivity index (χ0) is 11.4. The third kappa shape index (κ3) is 2.63. The number of rotatable bonds is 2. The molecule has 0 spiro atoms. The predicted octanol–water partition coefficient (Wildman–Crippen LogP) is 3.87. The Hall–Kier alpha value is -1.31. The lowest BCUT2D eigenvalue weighted by Crippen LogP contribution is -1.82. The van der Waals surface area contributed by atoms with E-state index in [1.165, 1.54) is 0 Å². The van der Waals surface area contributed by atoms with Crippen LogP contribution < -0.4 is 0 Å². The largest absolute Gasteiger partial charge is 0.248 e. The smallest absolute Gasteiger partial charge is 0.101 e. The topological polar surface area (TPSA) is 36.7 Å². The minimum absolute atomic E-state index is 0.580. The van der Waals surface area contributed by atoms with E-state index in [2.05, 4.69) is 20.9 Å². The van der Waals surface area contributed by atoms with Gasteiger partial charge in [0.15, 0.2) is 0 Å². The Labute approximate surface area is 106 Å². The minimum atomic E-state index is 0.580. The molecule has 0 radical (unpaired) electrons. The van der Waals surface area contributed by atoms with Crippen LogP contribution in [0.1, 0.15) is 5.56 Å². The van der Waals surface area contributed by atoms with Crippen molar-refractivity contribution >= 4 is 27.7 Å². The molecule has 0 N–H and O–H groups in total. The Bertz CT molecular complexity index is 531. The number of aromatic nitrogens is 1. The molecule has 0 unspecified atom stereocenters. The van der Waals surface area contributed by atoms with E-state index in [4.69, 9.17) is 5.26 Å². The molecule has 0 atom stereocenters. The van der Waals surface area contributed by atoms with Crippen molar-refractivity contribution in [3.8, 4) is 6.07 Å². The number of nitriles is 1. The number of hydrogen-bond acceptors (Lipinski definition) is 3. The van der Waals surface area contributed by atoms with E-state index < -0.39 is 0 Å². The number of nitrogens with zero attached hydrogens (tertiary/aromatic N) is 2. The van der Waals surface area contributed by atoms with Gasteiger partial charge in [0.25, 0.3) is 0 Å². The Morgan fingerprint density at radius 2 is 2.00 bits per heavy atom. The monoisotopic (exact) mass is 290 g/mol.